The fraction of sp³-hybridized carbons (Fsp3) is 0.667. The molecule has 1 aromatic rings. The molecule has 0 aliphatic carbocycles. The van der Waals surface area contributed by atoms with E-state index in [0.717, 1.165) is 49.5 Å². The van der Waals surface area contributed by atoms with Crippen LogP contribution in [0, 0.1) is 6.92 Å². The second-order valence-electron chi connectivity index (χ2n) is 7.77. The molecule has 132 valence electrons. The molecular formula is C18H27N3O3. The smallest absolute Gasteiger partial charge is 0.408 e. The third-order valence-corrected chi connectivity index (χ3v) is 4.46. The zero-order valence-corrected chi connectivity index (χ0v) is 14.9. The molecule has 2 N–H and O–H groups in total. The molecule has 2 aliphatic rings. The number of piperidine rings is 1. The number of ether oxygens (including phenoxy) is 2. The highest BCUT2D eigenvalue weighted by Crippen LogP contribution is 2.42. The van der Waals surface area contributed by atoms with E-state index in [9.17, 15) is 4.79 Å². The van der Waals surface area contributed by atoms with Crippen molar-refractivity contribution >= 4 is 6.09 Å². The van der Waals surface area contributed by atoms with E-state index in [1.807, 2.05) is 39.8 Å². The van der Waals surface area contributed by atoms with Crippen LogP contribution in [0.3, 0.4) is 0 Å². The Labute approximate surface area is 143 Å². The topological polar surface area (TPSA) is 72.5 Å². The van der Waals surface area contributed by atoms with E-state index in [-0.39, 0.29) is 11.6 Å². The van der Waals surface area contributed by atoms with Crippen molar-refractivity contribution in [3.05, 3.63) is 23.5 Å². The third-order valence-electron chi connectivity index (χ3n) is 4.46. The Morgan fingerprint density at radius 2 is 2.08 bits per heavy atom. The van der Waals surface area contributed by atoms with Gasteiger partial charge in [-0.05, 0) is 65.8 Å². The number of carbonyl (C=O) groups excluding carboxylic acids is 1. The van der Waals surface area contributed by atoms with Crippen LogP contribution in [0.5, 0.6) is 5.75 Å². The number of fused-ring (bicyclic) bond motifs is 1. The Balaban J connectivity index is 1.85. The highest BCUT2D eigenvalue weighted by atomic mass is 16.6. The van der Waals surface area contributed by atoms with E-state index in [4.69, 9.17) is 9.47 Å². The van der Waals surface area contributed by atoms with Crippen LogP contribution in [0.15, 0.2) is 12.1 Å². The molecule has 0 saturated carbocycles. The maximum Gasteiger partial charge on any atom is 0.408 e. The van der Waals surface area contributed by atoms with Crippen molar-refractivity contribution in [2.75, 3.05) is 13.1 Å². The van der Waals surface area contributed by atoms with E-state index < -0.39 is 11.7 Å². The lowest BCUT2D eigenvalue weighted by molar-refractivity contribution is -0.00192. The summed E-state index contributed by atoms with van der Waals surface area (Å²) in [6.45, 7) is 9.38. The van der Waals surface area contributed by atoms with E-state index in [1.54, 1.807) is 0 Å². The predicted molar refractivity (Wildman–Crippen MR) is 91.2 cm³/mol. The first-order chi connectivity index (χ1) is 11.3. The molecule has 0 radical (unpaired) electrons. The number of nitrogens with one attached hydrogen (secondary N) is 2. The summed E-state index contributed by atoms with van der Waals surface area (Å²) in [6, 6.07) is 3.72. The van der Waals surface area contributed by atoms with Crippen molar-refractivity contribution in [2.24, 2.45) is 0 Å². The Bertz CT molecular complexity index is 618. The molecule has 6 heteroatoms. The van der Waals surface area contributed by atoms with Gasteiger partial charge in [-0.2, -0.15) is 0 Å². The van der Waals surface area contributed by atoms with Crippen LogP contribution in [-0.4, -0.2) is 35.4 Å². The van der Waals surface area contributed by atoms with Gasteiger partial charge in [0, 0.05) is 12.1 Å². The molecule has 2 aliphatic heterocycles. The monoisotopic (exact) mass is 333 g/mol. The minimum absolute atomic E-state index is 0.193. The van der Waals surface area contributed by atoms with Crippen LogP contribution in [0.4, 0.5) is 4.79 Å². The minimum atomic E-state index is -0.523. The summed E-state index contributed by atoms with van der Waals surface area (Å²) in [5, 5.41) is 6.37. The number of rotatable bonds is 1. The van der Waals surface area contributed by atoms with Crippen molar-refractivity contribution in [1.82, 2.24) is 15.6 Å². The summed E-state index contributed by atoms with van der Waals surface area (Å²) in [7, 11) is 0. The summed E-state index contributed by atoms with van der Waals surface area (Å²) < 4.78 is 11.8. The van der Waals surface area contributed by atoms with Crippen LogP contribution in [0.2, 0.25) is 0 Å². The molecule has 1 spiro atoms. The van der Waals surface area contributed by atoms with Crippen molar-refractivity contribution < 1.29 is 14.3 Å². The third kappa shape index (κ3) is 3.80. The molecule has 1 fully saturated rings. The van der Waals surface area contributed by atoms with E-state index >= 15 is 0 Å². The summed E-state index contributed by atoms with van der Waals surface area (Å²) >= 11 is 0. The van der Waals surface area contributed by atoms with Crippen molar-refractivity contribution in [1.29, 1.82) is 0 Å². The number of nitrogens with zero attached hydrogens (tertiary/aromatic N) is 1. The Morgan fingerprint density at radius 3 is 2.75 bits per heavy atom. The number of alkyl carbamates (subject to hydrolysis) is 1. The van der Waals surface area contributed by atoms with Crippen LogP contribution in [0.1, 0.15) is 57.5 Å². The number of pyridine rings is 1. The molecule has 6 nitrogen and oxygen atoms in total. The number of hydrogen-bond donors (Lipinski definition) is 2. The van der Waals surface area contributed by atoms with Gasteiger partial charge in [0.1, 0.15) is 22.6 Å². The molecule has 3 heterocycles. The quantitative estimate of drug-likeness (QED) is 0.827. The van der Waals surface area contributed by atoms with Gasteiger partial charge in [-0.25, -0.2) is 4.79 Å². The first-order valence-electron chi connectivity index (χ1n) is 8.63. The van der Waals surface area contributed by atoms with Crippen LogP contribution < -0.4 is 15.4 Å². The first kappa shape index (κ1) is 17.0. The maximum absolute atomic E-state index is 12.3. The number of hydrogen-bond acceptors (Lipinski definition) is 5. The fourth-order valence-corrected chi connectivity index (χ4v) is 3.40. The van der Waals surface area contributed by atoms with Crippen LogP contribution in [-0.2, 0) is 4.74 Å². The maximum atomic E-state index is 12.3. The SMILES string of the molecule is Cc1ccc2c(n1)[C@@H](NC(=O)OC(C)(C)C)CC1(CCNCC1)O2. The Hall–Kier alpha value is -1.82. The Kier molecular flexibility index (Phi) is 4.42. The molecule has 1 amide bonds. The molecule has 0 aromatic carbocycles. The molecule has 24 heavy (non-hydrogen) atoms. The summed E-state index contributed by atoms with van der Waals surface area (Å²) in [6.07, 6.45) is 2.16. The lowest BCUT2D eigenvalue weighted by Gasteiger charge is -2.44. The molecule has 3 rings (SSSR count). The molecule has 0 unspecified atom stereocenters. The fourth-order valence-electron chi connectivity index (χ4n) is 3.40. The van der Waals surface area contributed by atoms with Gasteiger partial charge >= 0.3 is 6.09 Å². The molecular weight excluding hydrogens is 306 g/mol. The van der Waals surface area contributed by atoms with Crippen LogP contribution >= 0.6 is 0 Å². The Morgan fingerprint density at radius 1 is 1.38 bits per heavy atom. The van der Waals surface area contributed by atoms with E-state index in [2.05, 4.69) is 15.6 Å². The number of aryl methyl sites for hydroxylation is 1. The lowest BCUT2D eigenvalue weighted by Crippen LogP contribution is -2.51. The number of carbonyl (C=O) groups is 1. The van der Waals surface area contributed by atoms with Crippen molar-refractivity contribution in [2.45, 2.75) is 64.2 Å². The number of amides is 1. The lowest BCUT2D eigenvalue weighted by atomic mass is 9.82. The highest BCUT2D eigenvalue weighted by Gasteiger charge is 2.43. The van der Waals surface area contributed by atoms with Gasteiger partial charge in [0.05, 0.1) is 6.04 Å². The minimum Gasteiger partial charge on any atom is -0.485 e. The van der Waals surface area contributed by atoms with E-state index in [0.29, 0.717) is 0 Å². The van der Waals surface area contributed by atoms with Crippen LogP contribution in [0.25, 0.3) is 0 Å². The normalized spacial score (nSPS) is 22.4. The van der Waals surface area contributed by atoms with Gasteiger partial charge in [-0.3, -0.25) is 4.98 Å². The second kappa shape index (κ2) is 6.24. The number of aromatic nitrogens is 1. The van der Waals surface area contributed by atoms with Crippen molar-refractivity contribution in [3.8, 4) is 5.75 Å². The average molecular weight is 333 g/mol. The summed E-state index contributed by atoms with van der Waals surface area (Å²) in [5.41, 5.74) is 0.944. The van der Waals surface area contributed by atoms with Gasteiger partial charge in [0.2, 0.25) is 0 Å². The van der Waals surface area contributed by atoms with Gasteiger partial charge < -0.3 is 20.1 Å². The zero-order chi connectivity index (χ0) is 17.4. The standard InChI is InChI=1S/C18H27N3O3/c1-12-5-6-14-15(20-12)13(21-16(22)24-17(2,3)4)11-18(23-14)7-9-19-10-8-18/h5-6,13,19H,7-11H2,1-4H3,(H,21,22)/t13-/m0/s1. The molecule has 1 saturated heterocycles. The molecule has 1 atom stereocenters. The second-order valence-corrected chi connectivity index (χ2v) is 7.77. The van der Waals surface area contributed by atoms with Gasteiger partial charge in [0.15, 0.2) is 0 Å². The summed E-state index contributed by atoms with van der Waals surface area (Å²) in [4.78, 5) is 16.9. The van der Waals surface area contributed by atoms with Gasteiger partial charge in [0.25, 0.3) is 0 Å². The van der Waals surface area contributed by atoms with Gasteiger partial charge in [-0.15, -0.1) is 0 Å². The van der Waals surface area contributed by atoms with Gasteiger partial charge in [-0.1, -0.05) is 0 Å². The van der Waals surface area contributed by atoms with E-state index in [1.165, 1.54) is 0 Å². The molecule has 0 bridgehead atoms. The molecule has 1 aromatic heterocycles. The zero-order valence-electron chi connectivity index (χ0n) is 14.9. The summed E-state index contributed by atoms with van der Waals surface area (Å²) in [5.74, 6) is 0.773. The highest BCUT2D eigenvalue weighted by molar-refractivity contribution is 5.68. The predicted octanol–water partition coefficient (Wildman–Crippen LogP) is 2.86. The largest absolute Gasteiger partial charge is 0.485 e. The average Bonchev–Trinajstić information content (AvgIpc) is 2.47. The first-order valence-corrected chi connectivity index (χ1v) is 8.63. The van der Waals surface area contributed by atoms with Crippen molar-refractivity contribution in [3.63, 3.8) is 0 Å².